The van der Waals surface area contributed by atoms with Crippen LogP contribution in [0.5, 0.6) is 0 Å². The van der Waals surface area contributed by atoms with Crippen LogP contribution in [0.3, 0.4) is 0 Å². The summed E-state index contributed by atoms with van der Waals surface area (Å²) >= 11 is 0. The quantitative estimate of drug-likeness (QED) is 0.873. The molecule has 1 aromatic heterocycles. The second-order valence-corrected chi connectivity index (χ2v) is 7.25. The summed E-state index contributed by atoms with van der Waals surface area (Å²) < 4.78 is 0. The van der Waals surface area contributed by atoms with E-state index in [1.165, 1.54) is 43.5 Å². The van der Waals surface area contributed by atoms with Gasteiger partial charge in [0.05, 0.1) is 6.20 Å². The molecule has 0 spiro atoms. The normalized spacial score (nSPS) is 39.9. The van der Waals surface area contributed by atoms with Gasteiger partial charge in [-0.15, -0.1) is 0 Å². The second kappa shape index (κ2) is 4.62. The van der Waals surface area contributed by atoms with E-state index in [-0.39, 0.29) is 0 Å². The number of nitrogens with one attached hydrogen (secondary N) is 2. The number of aryl methyl sites for hydroxylation is 1. The van der Waals surface area contributed by atoms with Gasteiger partial charge in [0.1, 0.15) is 0 Å². The molecule has 0 amide bonds. The third-order valence-electron chi connectivity index (χ3n) is 6.05. The first-order chi connectivity index (χ1) is 9.29. The zero-order chi connectivity index (χ0) is 12.8. The van der Waals surface area contributed by atoms with E-state index in [9.17, 15) is 0 Å². The van der Waals surface area contributed by atoms with E-state index in [1.54, 1.807) is 6.42 Å². The molecule has 0 saturated heterocycles. The Labute approximate surface area is 115 Å². The minimum atomic E-state index is 0.958. The lowest BCUT2D eigenvalue weighted by molar-refractivity contribution is -0.0355. The molecule has 5 rings (SSSR count). The van der Waals surface area contributed by atoms with E-state index in [0.29, 0.717) is 0 Å². The molecule has 19 heavy (non-hydrogen) atoms. The van der Waals surface area contributed by atoms with E-state index in [2.05, 4.69) is 22.4 Å². The van der Waals surface area contributed by atoms with Crippen LogP contribution in [-0.2, 0) is 6.54 Å². The highest BCUT2D eigenvalue weighted by Crippen LogP contribution is 2.56. The number of rotatable bonds is 4. The van der Waals surface area contributed by atoms with Crippen molar-refractivity contribution in [1.29, 1.82) is 0 Å². The minimum absolute atomic E-state index is 0.958. The molecule has 4 aliphatic rings. The number of nitrogens with zero attached hydrogens (tertiary/aromatic N) is 1. The highest BCUT2D eigenvalue weighted by molar-refractivity contribution is 5.13. The van der Waals surface area contributed by atoms with Gasteiger partial charge in [-0.05, 0) is 75.2 Å². The van der Waals surface area contributed by atoms with Gasteiger partial charge in [-0.1, -0.05) is 0 Å². The zero-order valence-electron chi connectivity index (χ0n) is 11.9. The highest BCUT2D eigenvalue weighted by Gasteiger charge is 2.47. The summed E-state index contributed by atoms with van der Waals surface area (Å²) in [6, 6.07) is 0. The molecule has 1 aromatic rings. The largest absolute Gasteiger partial charge is 0.312 e. The Morgan fingerprint density at radius 2 is 1.84 bits per heavy atom. The second-order valence-electron chi connectivity index (χ2n) is 7.25. The number of hydrogen-bond acceptors (Lipinski definition) is 2. The first-order valence-corrected chi connectivity index (χ1v) is 7.99. The van der Waals surface area contributed by atoms with E-state index >= 15 is 0 Å². The van der Waals surface area contributed by atoms with Gasteiger partial charge in [-0.25, -0.2) is 0 Å². The predicted octanol–water partition coefficient (Wildman–Crippen LogP) is 2.88. The maximum Gasteiger partial charge on any atom is 0.0535 e. The van der Waals surface area contributed by atoms with Crippen LogP contribution in [0.2, 0.25) is 0 Å². The molecular formula is C16H25N3. The minimum Gasteiger partial charge on any atom is -0.312 e. The van der Waals surface area contributed by atoms with Crippen LogP contribution < -0.4 is 5.32 Å². The molecule has 4 bridgehead atoms. The van der Waals surface area contributed by atoms with Crippen LogP contribution in [0, 0.1) is 36.5 Å². The van der Waals surface area contributed by atoms with Crippen molar-refractivity contribution in [2.75, 3.05) is 6.54 Å². The van der Waals surface area contributed by atoms with Crippen LogP contribution in [0.4, 0.5) is 0 Å². The average Bonchev–Trinajstić information content (AvgIpc) is 2.78. The summed E-state index contributed by atoms with van der Waals surface area (Å²) in [5, 5.41) is 10.8. The number of H-pyrrole nitrogens is 1. The van der Waals surface area contributed by atoms with Crippen LogP contribution in [-0.4, -0.2) is 16.7 Å². The molecule has 3 nitrogen and oxygen atoms in total. The summed E-state index contributed by atoms with van der Waals surface area (Å²) in [6.45, 7) is 4.30. The summed E-state index contributed by atoms with van der Waals surface area (Å²) in [7, 11) is 0. The molecule has 104 valence electrons. The molecule has 4 saturated carbocycles. The van der Waals surface area contributed by atoms with Crippen molar-refractivity contribution < 1.29 is 0 Å². The number of hydrogen-bond donors (Lipinski definition) is 2. The lowest BCUT2D eigenvalue weighted by Gasteiger charge is -2.54. The van der Waals surface area contributed by atoms with Gasteiger partial charge in [-0.2, -0.15) is 5.10 Å². The third kappa shape index (κ3) is 2.12. The summed E-state index contributed by atoms with van der Waals surface area (Å²) in [4.78, 5) is 0. The Balaban J connectivity index is 1.35. The van der Waals surface area contributed by atoms with E-state index in [1.807, 2.05) is 6.20 Å². The van der Waals surface area contributed by atoms with Gasteiger partial charge < -0.3 is 5.32 Å². The van der Waals surface area contributed by atoms with Crippen molar-refractivity contribution in [3.05, 3.63) is 17.5 Å². The zero-order valence-corrected chi connectivity index (χ0v) is 11.9. The van der Waals surface area contributed by atoms with Crippen LogP contribution in [0.1, 0.15) is 43.4 Å². The van der Waals surface area contributed by atoms with Gasteiger partial charge in [0.2, 0.25) is 0 Å². The first kappa shape index (κ1) is 12.0. The lowest BCUT2D eigenvalue weighted by Crippen LogP contribution is -2.48. The van der Waals surface area contributed by atoms with E-state index < -0.39 is 0 Å². The first-order valence-electron chi connectivity index (χ1n) is 7.99. The molecule has 0 aliphatic heterocycles. The number of aromatic nitrogens is 2. The van der Waals surface area contributed by atoms with Crippen molar-refractivity contribution in [2.24, 2.45) is 29.6 Å². The molecule has 4 aliphatic carbocycles. The summed E-state index contributed by atoms with van der Waals surface area (Å²) in [5.74, 6) is 5.22. The van der Waals surface area contributed by atoms with Gasteiger partial charge in [0, 0.05) is 17.8 Å². The molecular weight excluding hydrogens is 234 g/mol. The molecule has 2 N–H and O–H groups in total. The Kier molecular flexibility index (Phi) is 2.91. The molecule has 3 heteroatoms. The standard InChI is InChI=1S/C16H25N3/c1-10-15(8-18-19-10)7-17-9-16-13-3-11-2-12(5-13)6-14(16)4-11/h8,11-14,16-17H,2-7,9H2,1H3,(H,18,19). The van der Waals surface area contributed by atoms with Crippen LogP contribution in [0.25, 0.3) is 0 Å². The van der Waals surface area contributed by atoms with Gasteiger partial charge in [0.25, 0.3) is 0 Å². The number of aromatic amines is 1. The Morgan fingerprint density at radius 3 is 2.42 bits per heavy atom. The van der Waals surface area contributed by atoms with Crippen LogP contribution >= 0.6 is 0 Å². The summed E-state index contributed by atoms with van der Waals surface area (Å²) in [6.07, 6.45) is 9.64. The molecule has 0 radical (unpaired) electrons. The molecule has 0 atom stereocenters. The predicted molar refractivity (Wildman–Crippen MR) is 75.6 cm³/mol. The Hall–Kier alpha value is -0.830. The van der Waals surface area contributed by atoms with Crippen molar-refractivity contribution in [1.82, 2.24) is 15.5 Å². The Bertz CT molecular complexity index is 423. The fourth-order valence-electron chi connectivity index (χ4n) is 5.30. The fraction of sp³-hybridized carbons (Fsp3) is 0.812. The summed E-state index contributed by atoms with van der Waals surface area (Å²) in [5.41, 5.74) is 2.53. The van der Waals surface area contributed by atoms with Crippen molar-refractivity contribution in [3.8, 4) is 0 Å². The molecule has 1 heterocycles. The lowest BCUT2D eigenvalue weighted by atomic mass is 9.52. The fourth-order valence-corrected chi connectivity index (χ4v) is 5.30. The monoisotopic (exact) mass is 259 g/mol. The van der Waals surface area contributed by atoms with Gasteiger partial charge in [-0.3, -0.25) is 5.10 Å². The third-order valence-corrected chi connectivity index (χ3v) is 6.05. The maximum absolute atomic E-state index is 4.10. The van der Waals surface area contributed by atoms with Crippen LogP contribution in [0.15, 0.2) is 6.20 Å². The topological polar surface area (TPSA) is 40.7 Å². The van der Waals surface area contributed by atoms with Gasteiger partial charge >= 0.3 is 0 Å². The highest BCUT2D eigenvalue weighted by atomic mass is 15.1. The molecule has 0 unspecified atom stereocenters. The average molecular weight is 259 g/mol. The van der Waals surface area contributed by atoms with Crippen molar-refractivity contribution in [2.45, 2.75) is 45.6 Å². The molecule has 0 aromatic carbocycles. The van der Waals surface area contributed by atoms with Gasteiger partial charge in [0.15, 0.2) is 0 Å². The maximum atomic E-state index is 4.10. The van der Waals surface area contributed by atoms with E-state index in [0.717, 1.165) is 36.1 Å². The van der Waals surface area contributed by atoms with Crippen molar-refractivity contribution >= 4 is 0 Å². The smallest absolute Gasteiger partial charge is 0.0535 e. The van der Waals surface area contributed by atoms with Crippen molar-refractivity contribution in [3.63, 3.8) is 0 Å². The van der Waals surface area contributed by atoms with E-state index in [4.69, 9.17) is 0 Å². The molecule has 4 fully saturated rings. The SMILES string of the molecule is Cc1[nH]ncc1CNCC1C2CC3CC(C2)CC1C3. The Morgan fingerprint density at radius 1 is 1.16 bits per heavy atom.